The van der Waals surface area contributed by atoms with E-state index in [2.05, 4.69) is 5.32 Å². The maximum absolute atomic E-state index is 12.4. The zero-order valence-electron chi connectivity index (χ0n) is 12.6. The molecule has 0 aliphatic carbocycles. The second-order valence-corrected chi connectivity index (χ2v) is 6.25. The third-order valence-corrected chi connectivity index (χ3v) is 4.32. The fourth-order valence-corrected chi connectivity index (χ4v) is 2.97. The smallest absolute Gasteiger partial charge is 0.303 e. The average molecular weight is 317 g/mol. The molecule has 1 aromatic heterocycles. The zero-order valence-corrected chi connectivity index (χ0v) is 13.4. The Morgan fingerprint density at radius 3 is 2.55 bits per heavy atom. The Hall–Kier alpha value is -2.14. The van der Waals surface area contributed by atoms with Crippen LogP contribution in [0.15, 0.2) is 35.7 Å². The Balaban J connectivity index is 2.10. The largest absolute Gasteiger partial charge is 0.481 e. The number of rotatable bonds is 6. The van der Waals surface area contributed by atoms with Gasteiger partial charge in [0.25, 0.3) is 5.91 Å². The number of aryl methyl sites for hydroxylation is 1. The summed E-state index contributed by atoms with van der Waals surface area (Å²) in [5, 5.41) is 13.4. The van der Waals surface area contributed by atoms with Crippen molar-refractivity contribution in [2.75, 3.05) is 0 Å². The second-order valence-electron chi connectivity index (χ2n) is 5.34. The molecule has 22 heavy (non-hydrogen) atoms. The number of carbonyl (C=O) groups excluding carboxylic acids is 1. The lowest BCUT2D eigenvalue weighted by atomic mass is 10.0. The SMILES string of the molecule is Cc1ccc(-c2ccsc2C(=O)NC(C)CCC(=O)O)cc1. The molecule has 2 aromatic rings. The summed E-state index contributed by atoms with van der Waals surface area (Å²) in [4.78, 5) is 23.6. The van der Waals surface area contributed by atoms with Crippen LogP contribution in [0.2, 0.25) is 0 Å². The lowest BCUT2D eigenvalue weighted by molar-refractivity contribution is -0.137. The van der Waals surface area contributed by atoms with Crippen molar-refractivity contribution in [1.29, 1.82) is 0 Å². The first-order valence-electron chi connectivity index (χ1n) is 7.14. The van der Waals surface area contributed by atoms with E-state index in [0.29, 0.717) is 11.3 Å². The summed E-state index contributed by atoms with van der Waals surface area (Å²) in [5.74, 6) is -0.999. The van der Waals surface area contributed by atoms with E-state index in [9.17, 15) is 9.59 Å². The fraction of sp³-hybridized carbons (Fsp3) is 0.294. The summed E-state index contributed by atoms with van der Waals surface area (Å²) in [5.41, 5.74) is 3.09. The van der Waals surface area contributed by atoms with Crippen LogP contribution in [0, 0.1) is 6.92 Å². The van der Waals surface area contributed by atoms with E-state index in [-0.39, 0.29) is 18.4 Å². The highest BCUT2D eigenvalue weighted by atomic mass is 32.1. The Kier molecular flexibility index (Phi) is 5.33. The molecule has 0 saturated carbocycles. The fourth-order valence-electron chi connectivity index (χ4n) is 2.15. The molecule has 0 radical (unpaired) electrons. The number of carboxylic acid groups (broad SMARTS) is 1. The topological polar surface area (TPSA) is 66.4 Å². The molecule has 1 heterocycles. The number of nitrogens with one attached hydrogen (secondary N) is 1. The van der Waals surface area contributed by atoms with Gasteiger partial charge in [-0.25, -0.2) is 0 Å². The lowest BCUT2D eigenvalue weighted by Gasteiger charge is -2.13. The molecular weight excluding hydrogens is 298 g/mol. The van der Waals surface area contributed by atoms with Crippen LogP contribution in [0.5, 0.6) is 0 Å². The van der Waals surface area contributed by atoms with Crippen LogP contribution < -0.4 is 5.32 Å². The van der Waals surface area contributed by atoms with Crippen LogP contribution >= 0.6 is 11.3 Å². The maximum atomic E-state index is 12.4. The molecule has 2 N–H and O–H groups in total. The van der Waals surface area contributed by atoms with Gasteiger partial charge in [0, 0.05) is 18.0 Å². The third kappa shape index (κ3) is 4.18. The Morgan fingerprint density at radius 2 is 1.91 bits per heavy atom. The van der Waals surface area contributed by atoms with Crippen molar-refractivity contribution in [2.45, 2.75) is 32.7 Å². The molecule has 0 spiro atoms. The van der Waals surface area contributed by atoms with Crippen molar-refractivity contribution < 1.29 is 14.7 Å². The molecule has 0 saturated heterocycles. The molecule has 4 nitrogen and oxygen atoms in total. The van der Waals surface area contributed by atoms with E-state index in [0.717, 1.165) is 11.1 Å². The van der Waals surface area contributed by atoms with Gasteiger partial charge in [0.15, 0.2) is 0 Å². The van der Waals surface area contributed by atoms with Gasteiger partial charge < -0.3 is 10.4 Å². The molecule has 2 rings (SSSR count). The van der Waals surface area contributed by atoms with Crippen LogP contribution in [0.4, 0.5) is 0 Å². The predicted octanol–water partition coefficient (Wildman–Crippen LogP) is 3.71. The number of benzene rings is 1. The first-order valence-corrected chi connectivity index (χ1v) is 8.02. The van der Waals surface area contributed by atoms with E-state index in [1.54, 1.807) is 0 Å². The number of hydrogen-bond donors (Lipinski definition) is 2. The molecule has 1 aromatic carbocycles. The number of hydrogen-bond acceptors (Lipinski definition) is 3. The van der Waals surface area contributed by atoms with Crippen molar-refractivity contribution in [3.63, 3.8) is 0 Å². The summed E-state index contributed by atoms with van der Waals surface area (Å²) >= 11 is 1.39. The minimum atomic E-state index is -0.849. The van der Waals surface area contributed by atoms with Gasteiger partial charge in [0.05, 0.1) is 4.88 Å². The molecular formula is C17H19NO3S. The lowest BCUT2D eigenvalue weighted by Crippen LogP contribution is -2.32. The first-order chi connectivity index (χ1) is 10.5. The van der Waals surface area contributed by atoms with Crippen molar-refractivity contribution >= 4 is 23.2 Å². The molecule has 1 atom stereocenters. The first kappa shape index (κ1) is 16.2. The van der Waals surface area contributed by atoms with Crippen molar-refractivity contribution in [1.82, 2.24) is 5.32 Å². The molecule has 0 bridgehead atoms. The number of aliphatic carboxylic acids is 1. The number of carboxylic acids is 1. The molecule has 5 heteroatoms. The normalized spacial score (nSPS) is 11.9. The van der Waals surface area contributed by atoms with Gasteiger partial charge in [-0.3, -0.25) is 9.59 Å². The third-order valence-electron chi connectivity index (χ3n) is 3.40. The van der Waals surface area contributed by atoms with Crippen molar-refractivity contribution in [3.8, 4) is 11.1 Å². The second kappa shape index (κ2) is 7.22. The van der Waals surface area contributed by atoms with Crippen LogP contribution in [-0.2, 0) is 4.79 Å². The summed E-state index contributed by atoms with van der Waals surface area (Å²) in [6.45, 7) is 3.84. The van der Waals surface area contributed by atoms with Crippen molar-refractivity contribution in [3.05, 3.63) is 46.2 Å². The van der Waals surface area contributed by atoms with Gasteiger partial charge in [-0.2, -0.15) is 0 Å². The van der Waals surface area contributed by atoms with Crippen LogP contribution in [0.3, 0.4) is 0 Å². The quantitative estimate of drug-likeness (QED) is 0.853. The molecule has 1 amide bonds. The van der Waals surface area contributed by atoms with Crippen LogP contribution in [0.1, 0.15) is 35.0 Å². The van der Waals surface area contributed by atoms with E-state index < -0.39 is 5.97 Å². The Morgan fingerprint density at radius 1 is 1.23 bits per heavy atom. The van der Waals surface area contributed by atoms with Crippen molar-refractivity contribution in [2.24, 2.45) is 0 Å². The zero-order chi connectivity index (χ0) is 16.1. The standard InChI is InChI=1S/C17H19NO3S/c1-11-3-6-13(7-4-11)14-9-10-22-16(14)17(21)18-12(2)5-8-15(19)20/h3-4,6-7,9-10,12H,5,8H2,1-2H3,(H,18,21)(H,19,20). The van der Waals surface area contributed by atoms with Gasteiger partial charge in [-0.15, -0.1) is 11.3 Å². The van der Waals surface area contributed by atoms with Crippen LogP contribution in [-0.4, -0.2) is 23.0 Å². The summed E-state index contributed by atoms with van der Waals surface area (Å²) in [6.07, 6.45) is 0.475. The highest BCUT2D eigenvalue weighted by Gasteiger charge is 2.16. The highest BCUT2D eigenvalue weighted by molar-refractivity contribution is 7.12. The summed E-state index contributed by atoms with van der Waals surface area (Å²) in [7, 11) is 0. The van der Waals surface area contributed by atoms with Crippen LogP contribution in [0.25, 0.3) is 11.1 Å². The monoisotopic (exact) mass is 317 g/mol. The minimum absolute atomic E-state index is 0.0523. The number of carbonyl (C=O) groups is 2. The average Bonchev–Trinajstić information content (AvgIpc) is 2.95. The predicted molar refractivity (Wildman–Crippen MR) is 88.3 cm³/mol. The Labute approximate surface area is 133 Å². The van der Waals surface area contributed by atoms with E-state index in [4.69, 9.17) is 5.11 Å². The highest BCUT2D eigenvalue weighted by Crippen LogP contribution is 2.28. The minimum Gasteiger partial charge on any atom is -0.481 e. The summed E-state index contributed by atoms with van der Waals surface area (Å²) in [6, 6.07) is 9.81. The van der Waals surface area contributed by atoms with E-state index in [1.165, 1.54) is 16.9 Å². The van der Waals surface area contributed by atoms with Gasteiger partial charge in [-0.05, 0) is 37.3 Å². The molecule has 116 valence electrons. The molecule has 0 aliphatic heterocycles. The summed E-state index contributed by atoms with van der Waals surface area (Å²) < 4.78 is 0. The molecule has 0 aliphatic rings. The Bertz CT molecular complexity index is 661. The van der Waals surface area contributed by atoms with Gasteiger partial charge >= 0.3 is 5.97 Å². The van der Waals surface area contributed by atoms with E-state index >= 15 is 0 Å². The molecule has 0 fully saturated rings. The molecule has 1 unspecified atom stereocenters. The number of thiophene rings is 1. The van der Waals surface area contributed by atoms with Gasteiger partial charge in [0.2, 0.25) is 0 Å². The maximum Gasteiger partial charge on any atom is 0.303 e. The van der Waals surface area contributed by atoms with Gasteiger partial charge in [0.1, 0.15) is 0 Å². The van der Waals surface area contributed by atoms with E-state index in [1.807, 2.05) is 49.6 Å². The van der Waals surface area contributed by atoms with Gasteiger partial charge in [-0.1, -0.05) is 29.8 Å². The number of amides is 1.